The van der Waals surface area contributed by atoms with Crippen LogP contribution in [-0.4, -0.2) is 35.2 Å². The van der Waals surface area contributed by atoms with Gasteiger partial charge in [0.1, 0.15) is 0 Å². The molecule has 1 saturated carbocycles. The Morgan fingerprint density at radius 1 is 1.33 bits per heavy atom. The summed E-state index contributed by atoms with van der Waals surface area (Å²) >= 11 is 0. The summed E-state index contributed by atoms with van der Waals surface area (Å²) < 4.78 is 0. The number of hydrogen-bond acceptors (Lipinski definition) is 3. The lowest BCUT2D eigenvalue weighted by Gasteiger charge is -2.29. The van der Waals surface area contributed by atoms with Crippen molar-refractivity contribution in [3.63, 3.8) is 0 Å². The Morgan fingerprint density at radius 3 is 2.50 bits per heavy atom. The van der Waals surface area contributed by atoms with E-state index in [2.05, 4.69) is 34.5 Å². The smallest absolute Gasteiger partial charge is 0.0613 e. The molecule has 2 unspecified atom stereocenters. The van der Waals surface area contributed by atoms with E-state index in [1.807, 2.05) is 7.05 Å². The van der Waals surface area contributed by atoms with Crippen LogP contribution in [0, 0.1) is 0 Å². The topological polar surface area (TPSA) is 35.5 Å². The first kappa shape index (κ1) is 12.2. The fourth-order valence-corrected chi connectivity index (χ4v) is 3.48. The van der Waals surface area contributed by atoms with Crippen LogP contribution in [0.3, 0.4) is 0 Å². The van der Waals surface area contributed by atoms with E-state index in [1.165, 1.54) is 17.5 Å². The number of benzene rings is 1. The van der Waals surface area contributed by atoms with Crippen LogP contribution < -0.4 is 5.32 Å². The number of hydrogen-bond donors (Lipinski definition) is 2. The van der Waals surface area contributed by atoms with Gasteiger partial charge in [0, 0.05) is 24.7 Å². The molecule has 1 fully saturated rings. The summed E-state index contributed by atoms with van der Waals surface area (Å²) in [7, 11) is 1.97. The van der Waals surface area contributed by atoms with E-state index in [-0.39, 0.29) is 12.1 Å². The van der Waals surface area contributed by atoms with Crippen molar-refractivity contribution < 1.29 is 5.11 Å². The van der Waals surface area contributed by atoms with Crippen LogP contribution in [0.5, 0.6) is 0 Å². The van der Waals surface area contributed by atoms with Gasteiger partial charge in [-0.1, -0.05) is 24.3 Å². The molecule has 0 bridgehead atoms. The molecule has 98 valence electrons. The number of rotatable bonds is 3. The molecule has 0 radical (unpaired) electrons. The quantitative estimate of drug-likeness (QED) is 0.848. The largest absolute Gasteiger partial charge is 0.394 e. The molecule has 1 aliphatic heterocycles. The first-order valence-electron chi connectivity index (χ1n) is 6.87. The molecule has 0 amide bonds. The van der Waals surface area contributed by atoms with Crippen LogP contribution in [0.2, 0.25) is 0 Å². The van der Waals surface area contributed by atoms with Crippen LogP contribution in [0.4, 0.5) is 0 Å². The Hall–Kier alpha value is -0.900. The molecule has 1 aliphatic carbocycles. The SMILES string of the molecule is CNC1(CO)CCC(N2Cc3ccccc3C2)C1. The van der Waals surface area contributed by atoms with Crippen molar-refractivity contribution in [2.75, 3.05) is 13.7 Å². The first-order valence-corrected chi connectivity index (χ1v) is 6.87. The van der Waals surface area contributed by atoms with Crippen LogP contribution >= 0.6 is 0 Å². The van der Waals surface area contributed by atoms with Crippen LogP contribution in [-0.2, 0) is 13.1 Å². The minimum absolute atomic E-state index is 0.0422. The molecule has 1 heterocycles. The molecule has 2 N–H and O–H groups in total. The summed E-state index contributed by atoms with van der Waals surface area (Å²) in [4.78, 5) is 2.57. The minimum Gasteiger partial charge on any atom is -0.394 e. The summed E-state index contributed by atoms with van der Waals surface area (Å²) in [6.07, 6.45) is 3.33. The molecule has 18 heavy (non-hydrogen) atoms. The van der Waals surface area contributed by atoms with Crippen molar-refractivity contribution in [1.29, 1.82) is 0 Å². The molecule has 3 nitrogen and oxygen atoms in total. The third-order valence-corrected chi connectivity index (χ3v) is 4.80. The Morgan fingerprint density at radius 2 is 2.00 bits per heavy atom. The molecule has 1 aromatic rings. The summed E-state index contributed by atoms with van der Waals surface area (Å²) in [6, 6.07) is 9.34. The lowest BCUT2D eigenvalue weighted by molar-refractivity contribution is 0.147. The van der Waals surface area contributed by atoms with Gasteiger partial charge >= 0.3 is 0 Å². The third-order valence-electron chi connectivity index (χ3n) is 4.80. The molecule has 0 spiro atoms. The number of aliphatic hydroxyl groups excluding tert-OH is 1. The zero-order valence-electron chi connectivity index (χ0n) is 11.0. The average Bonchev–Trinajstić information content (AvgIpc) is 3.03. The molecule has 0 aromatic heterocycles. The molecule has 3 heteroatoms. The summed E-state index contributed by atoms with van der Waals surface area (Å²) in [5.74, 6) is 0. The third kappa shape index (κ3) is 1.96. The second kappa shape index (κ2) is 4.65. The highest BCUT2D eigenvalue weighted by atomic mass is 16.3. The molecule has 3 rings (SSSR count). The zero-order chi connectivity index (χ0) is 12.6. The van der Waals surface area contributed by atoms with Crippen molar-refractivity contribution in [3.05, 3.63) is 35.4 Å². The average molecular weight is 246 g/mol. The van der Waals surface area contributed by atoms with Gasteiger partial charge in [-0.05, 0) is 37.4 Å². The van der Waals surface area contributed by atoms with Gasteiger partial charge in [0.2, 0.25) is 0 Å². The molecule has 2 atom stereocenters. The Balaban J connectivity index is 1.69. The van der Waals surface area contributed by atoms with Gasteiger partial charge in [-0.2, -0.15) is 0 Å². The van der Waals surface area contributed by atoms with Crippen molar-refractivity contribution in [2.45, 2.75) is 43.9 Å². The van der Waals surface area contributed by atoms with Gasteiger partial charge in [-0.3, -0.25) is 4.90 Å². The number of likely N-dealkylation sites (N-methyl/N-ethyl adjacent to an activating group) is 1. The normalized spacial score (nSPS) is 31.8. The van der Waals surface area contributed by atoms with E-state index in [0.29, 0.717) is 6.04 Å². The van der Waals surface area contributed by atoms with Gasteiger partial charge in [0.25, 0.3) is 0 Å². The van der Waals surface area contributed by atoms with Crippen molar-refractivity contribution in [2.24, 2.45) is 0 Å². The summed E-state index contributed by atoms with van der Waals surface area (Å²) in [6.45, 7) is 2.40. The Labute approximate surface area is 109 Å². The molecule has 0 saturated heterocycles. The zero-order valence-corrected chi connectivity index (χ0v) is 11.0. The van der Waals surface area contributed by atoms with Gasteiger partial charge in [0.05, 0.1) is 6.61 Å². The van der Waals surface area contributed by atoms with E-state index >= 15 is 0 Å². The summed E-state index contributed by atoms with van der Waals surface area (Å²) in [5, 5.41) is 12.9. The Bertz CT molecular complexity index is 403. The highest BCUT2D eigenvalue weighted by Gasteiger charge is 2.40. The maximum absolute atomic E-state index is 9.57. The van der Waals surface area contributed by atoms with Crippen LogP contribution in [0.1, 0.15) is 30.4 Å². The fraction of sp³-hybridized carbons (Fsp3) is 0.600. The second-order valence-electron chi connectivity index (χ2n) is 5.76. The predicted octanol–water partition coefficient (Wildman–Crippen LogP) is 1.51. The second-order valence-corrected chi connectivity index (χ2v) is 5.76. The van der Waals surface area contributed by atoms with E-state index in [1.54, 1.807) is 0 Å². The van der Waals surface area contributed by atoms with Gasteiger partial charge in [0.15, 0.2) is 0 Å². The monoisotopic (exact) mass is 246 g/mol. The lowest BCUT2D eigenvalue weighted by atomic mass is 9.99. The van der Waals surface area contributed by atoms with Gasteiger partial charge < -0.3 is 10.4 Å². The van der Waals surface area contributed by atoms with Crippen LogP contribution in [0.25, 0.3) is 0 Å². The minimum atomic E-state index is -0.0422. The van der Waals surface area contributed by atoms with E-state index in [0.717, 1.165) is 25.9 Å². The Kier molecular flexibility index (Phi) is 3.14. The highest BCUT2D eigenvalue weighted by molar-refractivity contribution is 5.30. The first-order chi connectivity index (χ1) is 8.76. The molecular weight excluding hydrogens is 224 g/mol. The van der Waals surface area contributed by atoms with Crippen molar-refractivity contribution in [1.82, 2.24) is 10.2 Å². The maximum Gasteiger partial charge on any atom is 0.0613 e. The number of aliphatic hydroxyl groups is 1. The molecular formula is C15H22N2O. The van der Waals surface area contributed by atoms with Crippen molar-refractivity contribution >= 4 is 0 Å². The number of nitrogens with zero attached hydrogens (tertiary/aromatic N) is 1. The maximum atomic E-state index is 9.57. The lowest BCUT2D eigenvalue weighted by Crippen LogP contribution is -2.45. The van der Waals surface area contributed by atoms with E-state index < -0.39 is 0 Å². The van der Waals surface area contributed by atoms with E-state index in [4.69, 9.17) is 0 Å². The standard InChI is InChI=1S/C15H22N2O/c1-16-15(11-18)7-6-14(8-15)17-9-12-4-2-3-5-13(12)10-17/h2-5,14,16,18H,6-11H2,1H3. The van der Waals surface area contributed by atoms with E-state index in [9.17, 15) is 5.11 Å². The number of nitrogens with one attached hydrogen (secondary N) is 1. The van der Waals surface area contributed by atoms with Crippen molar-refractivity contribution in [3.8, 4) is 0 Å². The van der Waals surface area contributed by atoms with Crippen LogP contribution in [0.15, 0.2) is 24.3 Å². The summed E-state index contributed by atoms with van der Waals surface area (Å²) in [5.41, 5.74) is 2.91. The van der Waals surface area contributed by atoms with Gasteiger partial charge in [-0.25, -0.2) is 0 Å². The molecule has 1 aromatic carbocycles. The highest BCUT2D eigenvalue weighted by Crippen LogP contribution is 2.36. The fourth-order valence-electron chi connectivity index (χ4n) is 3.48. The molecule has 2 aliphatic rings. The predicted molar refractivity (Wildman–Crippen MR) is 72.2 cm³/mol. The number of fused-ring (bicyclic) bond motifs is 1. The van der Waals surface area contributed by atoms with Gasteiger partial charge in [-0.15, -0.1) is 0 Å².